The lowest BCUT2D eigenvalue weighted by Crippen LogP contribution is -2.30. The molecule has 1 aliphatic rings. The Bertz CT molecular complexity index is 381. The Kier molecular flexibility index (Phi) is 3.45. The lowest BCUT2D eigenvalue weighted by atomic mass is 10.1. The summed E-state index contributed by atoms with van der Waals surface area (Å²) in [5.41, 5.74) is 0.827. The normalized spacial score (nSPS) is 21.9. The van der Waals surface area contributed by atoms with Crippen LogP contribution in [0.2, 0.25) is 5.15 Å². The van der Waals surface area contributed by atoms with Crippen LogP contribution in [0.3, 0.4) is 0 Å². The van der Waals surface area contributed by atoms with Gasteiger partial charge in [-0.25, -0.2) is 9.37 Å². The first-order chi connectivity index (χ1) is 7.59. The Morgan fingerprint density at radius 2 is 2.31 bits per heavy atom. The molecule has 0 saturated carbocycles. The Morgan fingerprint density at radius 3 is 3.00 bits per heavy atom. The van der Waals surface area contributed by atoms with E-state index in [0.29, 0.717) is 11.2 Å². The standard InChI is InChI=1S/C12H16ClFN2/c1-8(2)16-5-3-4-11(16)10-6-9(14)7-15-12(10)13/h6-8,11H,3-5H2,1-2H3. The molecule has 0 N–H and O–H groups in total. The lowest BCUT2D eigenvalue weighted by Gasteiger charge is -2.28. The third-order valence-corrected chi connectivity index (χ3v) is 3.47. The number of hydrogen-bond donors (Lipinski definition) is 0. The summed E-state index contributed by atoms with van der Waals surface area (Å²) < 4.78 is 13.2. The highest BCUT2D eigenvalue weighted by molar-refractivity contribution is 6.30. The van der Waals surface area contributed by atoms with Crippen molar-refractivity contribution in [2.45, 2.75) is 38.8 Å². The van der Waals surface area contributed by atoms with Crippen molar-refractivity contribution in [3.05, 3.63) is 28.8 Å². The highest BCUT2D eigenvalue weighted by Crippen LogP contribution is 2.36. The van der Waals surface area contributed by atoms with Crippen LogP contribution in [0.5, 0.6) is 0 Å². The molecule has 0 bridgehead atoms. The fraction of sp³-hybridized carbons (Fsp3) is 0.583. The van der Waals surface area contributed by atoms with Crippen molar-refractivity contribution in [2.75, 3.05) is 6.54 Å². The maximum Gasteiger partial charge on any atom is 0.141 e. The van der Waals surface area contributed by atoms with Crippen LogP contribution < -0.4 is 0 Å². The molecule has 1 fully saturated rings. The highest BCUT2D eigenvalue weighted by Gasteiger charge is 2.29. The van der Waals surface area contributed by atoms with E-state index in [0.717, 1.165) is 24.9 Å². The molecule has 88 valence electrons. The van der Waals surface area contributed by atoms with Gasteiger partial charge in [0.15, 0.2) is 0 Å². The minimum Gasteiger partial charge on any atom is -0.294 e. The Hall–Kier alpha value is -0.670. The van der Waals surface area contributed by atoms with Crippen molar-refractivity contribution in [2.24, 2.45) is 0 Å². The number of hydrogen-bond acceptors (Lipinski definition) is 2. The third kappa shape index (κ3) is 2.20. The van der Waals surface area contributed by atoms with Crippen LogP contribution in [0.4, 0.5) is 4.39 Å². The lowest BCUT2D eigenvalue weighted by molar-refractivity contribution is 0.205. The summed E-state index contributed by atoms with van der Waals surface area (Å²) in [4.78, 5) is 6.23. The molecule has 0 radical (unpaired) electrons. The molecule has 1 aliphatic heterocycles. The molecule has 0 spiro atoms. The minimum absolute atomic E-state index is 0.218. The number of rotatable bonds is 2. The van der Waals surface area contributed by atoms with Crippen LogP contribution in [0.15, 0.2) is 12.3 Å². The van der Waals surface area contributed by atoms with Crippen LogP contribution >= 0.6 is 11.6 Å². The van der Waals surface area contributed by atoms with Gasteiger partial charge in [0.05, 0.1) is 6.20 Å². The van der Waals surface area contributed by atoms with Gasteiger partial charge >= 0.3 is 0 Å². The molecule has 0 aliphatic carbocycles. The van der Waals surface area contributed by atoms with Crippen molar-refractivity contribution in [1.82, 2.24) is 9.88 Å². The van der Waals surface area contributed by atoms with Crippen LogP contribution in [0, 0.1) is 5.82 Å². The van der Waals surface area contributed by atoms with Crippen LogP contribution in [0.25, 0.3) is 0 Å². The SMILES string of the molecule is CC(C)N1CCCC1c1cc(F)cnc1Cl. The molecule has 1 unspecified atom stereocenters. The smallest absolute Gasteiger partial charge is 0.141 e. The van der Waals surface area contributed by atoms with Gasteiger partial charge in [-0.15, -0.1) is 0 Å². The molecular formula is C12H16ClFN2. The van der Waals surface area contributed by atoms with Gasteiger partial charge in [0.25, 0.3) is 0 Å². The van der Waals surface area contributed by atoms with Crippen molar-refractivity contribution < 1.29 is 4.39 Å². The average Bonchev–Trinajstić information content (AvgIpc) is 2.70. The average molecular weight is 243 g/mol. The maximum atomic E-state index is 13.2. The van der Waals surface area contributed by atoms with Crippen molar-refractivity contribution in [3.8, 4) is 0 Å². The van der Waals surface area contributed by atoms with Gasteiger partial charge in [-0.2, -0.15) is 0 Å². The minimum atomic E-state index is -0.310. The van der Waals surface area contributed by atoms with E-state index >= 15 is 0 Å². The number of pyridine rings is 1. The Balaban J connectivity index is 2.32. The van der Waals surface area contributed by atoms with Crippen molar-refractivity contribution in [3.63, 3.8) is 0 Å². The fourth-order valence-corrected chi connectivity index (χ4v) is 2.64. The van der Waals surface area contributed by atoms with Gasteiger partial charge in [0.2, 0.25) is 0 Å². The summed E-state index contributed by atoms with van der Waals surface area (Å²) in [6.07, 6.45) is 3.33. The molecule has 2 nitrogen and oxygen atoms in total. The van der Waals surface area contributed by atoms with E-state index in [9.17, 15) is 4.39 Å². The molecule has 0 aromatic carbocycles. The van der Waals surface area contributed by atoms with E-state index in [-0.39, 0.29) is 11.9 Å². The molecule has 16 heavy (non-hydrogen) atoms. The van der Waals surface area contributed by atoms with E-state index in [1.54, 1.807) is 0 Å². The van der Waals surface area contributed by atoms with Crippen molar-refractivity contribution in [1.29, 1.82) is 0 Å². The number of aromatic nitrogens is 1. The van der Waals surface area contributed by atoms with E-state index in [1.807, 2.05) is 0 Å². The fourth-order valence-electron chi connectivity index (χ4n) is 2.41. The quantitative estimate of drug-likeness (QED) is 0.739. The van der Waals surface area contributed by atoms with Gasteiger partial charge in [-0.1, -0.05) is 11.6 Å². The monoisotopic (exact) mass is 242 g/mol. The second-order valence-electron chi connectivity index (χ2n) is 4.52. The zero-order valence-electron chi connectivity index (χ0n) is 9.58. The van der Waals surface area contributed by atoms with Crippen LogP contribution in [-0.4, -0.2) is 22.5 Å². The molecule has 1 aromatic heterocycles. The highest BCUT2D eigenvalue weighted by atomic mass is 35.5. The van der Waals surface area contributed by atoms with Gasteiger partial charge in [-0.05, 0) is 39.3 Å². The summed E-state index contributed by atoms with van der Waals surface area (Å²) in [5.74, 6) is -0.310. The van der Waals surface area contributed by atoms with Gasteiger partial charge in [-0.3, -0.25) is 4.90 Å². The molecular weight excluding hydrogens is 227 g/mol. The molecule has 2 rings (SSSR count). The molecule has 1 aromatic rings. The largest absolute Gasteiger partial charge is 0.294 e. The molecule has 0 amide bonds. The molecule has 1 saturated heterocycles. The number of nitrogens with zero attached hydrogens (tertiary/aromatic N) is 2. The van der Waals surface area contributed by atoms with E-state index in [4.69, 9.17) is 11.6 Å². The predicted molar refractivity (Wildman–Crippen MR) is 63.0 cm³/mol. The van der Waals surface area contributed by atoms with E-state index in [2.05, 4.69) is 23.7 Å². The zero-order valence-corrected chi connectivity index (χ0v) is 10.3. The Labute approximate surface area is 100 Å². The predicted octanol–water partition coefficient (Wildman–Crippen LogP) is 3.42. The maximum absolute atomic E-state index is 13.2. The summed E-state index contributed by atoms with van der Waals surface area (Å²) in [5, 5.41) is 0.430. The number of halogens is 2. The van der Waals surface area contributed by atoms with E-state index in [1.165, 1.54) is 12.3 Å². The summed E-state index contributed by atoms with van der Waals surface area (Å²) >= 11 is 6.04. The van der Waals surface area contributed by atoms with E-state index < -0.39 is 0 Å². The number of likely N-dealkylation sites (tertiary alicyclic amines) is 1. The first kappa shape index (κ1) is 11.8. The summed E-state index contributed by atoms with van der Waals surface area (Å²) in [6, 6.07) is 2.18. The molecule has 2 heterocycles. The van der Waals surface area contributed by atoms with Crippen LogP contribution in [-0.2, 0) is 0 Å². The summed E-state index contributed by atoms with van der Waals surface area (Å²) in [7, 11) is 0. The van der Waals surface area contributed by atoms with Crippen molar-refractivity contribution >= 4 is 11.6 Å². The topological polar surface area (TPSA) is 16.1 Å². The van der Waals surface area contributed by atoms with Gasteiger partial charge < -0.3 is 0 Å². The first-order valence-corrected chi connectivity index (χ1v) is 6.04. The van der Waals surface area contributed by atoms with Gasteiger partial charge in [0.1, 0.15) is 11.0 Å². The Morgan fingerprint density at radius 1 is 1.56 bits per heavy atom. The first-order valence-electron chi connectivity index (χ1n) is 5.66. The molecule has 1 atom stereocenters. The van der Waals surface area contributed by atoms with Gasteiger partial charge in [0, 0.05) is 17.6 Å². The zero-order chi connectivity index (χ0) is 11.7. The second-order valence-corrected chi connectivity index (χ2v) is 4.88. The third-order valence-electron chi connectivity index (χ3n) is 3.15. The molecule has 4 heteroatoms. The van der Waals surface area contributed by atoms with Crippen LogP contribution in [0.1, 0.15) is 38.3 Å². The summed E-state index contributed by atoms with van der Waals surface area (Å²) in [6.45, 7) is 5.35. The second kappa shape index (κ2) is 4.68.